The number of hydrogen-bond acceptors (Lipinski definition) is 6. The first-order valence-electron chi connectivity index (χ1n) is 9.60. The molecule has 0 aromatic rings. The van der Waals surface area contributed by atoms with E-state index in [0.717, 1.165) is 6.42 Å². The van der Waals surface area contributed by atoms with Gasteiger partial charge in [-0.25, -0.2) is 8.42 Å². The summed E-state index contributed by atoms with van der Waals surface area (Å²) in [6.07, 6.45) is 1.54. The van der Waals surface area contributed by atoms with E-state index in [2.05, 4.69) is 46.2 Å². The highest BCUT2D eigenvalue weighted by Gasteiger charge is 2.35. The van der Waals surface area contributed by atoms with E-state index in [0.29, 0.717) is 12.8 Å². The first-order valence-corrected chi connectivity index (χ1v) is 19.8. The van der Waals surface area contributed by atoms with Crippen molar-refractivity contribution < 1.29 is 26.7 Å². The van der Waals surface area contributed by atoms with Crippen molar-refractivity contribution in [1.82, 2.24) is 0 Å². The van der Waals surface area contributed by atoms with E-state index < -0.39 is 47.7 Å². The Hall–Kier alpha value is 0.441. The molecule has 0 aromatic heterocycles. The number of ether oxygens (including phenoxy) is 2. The van der Waals surface area contributed by atoms with E-state index in [1.165, 1.54) is 0 Å². The van der Waals surface area contributed by atoms with Crippen molar-refractivity contribution in [3.05, 3.63) is 0 Å². The van der Waals surface area contributed by atoms with Crippen LogP contribution in [0.3, 0.4) is 0 Å². The second-order valence-electron chi connectivity index (χ2n) is 8.93. The number of hydrogen-bond donors (Lipinski definition) is 0. The molecule has 0 spiro atoms. The molecule has 0 N–H and O–H groups in total. The van der Waals surface area contributed by atoms with Crippen LogP contribution in [0.1, 0.15) is 33.1 Å². The van der Waals surface area contributed by atoms with Crippen LogP contribution < -0.4 is 0 Å². The van der Waals surface area contributed by atoms with Crippen molar-refractivity contribution in [2.24, 2.45) is 0 Å². The highest BCUT2D eigenvalue weighted by molar-refractivity contribution is 7.92. The Balaban J connectivity index is 2.66. The molecule has 26 heavy (non-hydrogen) atoms. The zero-order valence-corrected chi connectivity index (χ0v) is 21.9. The molecule has 0 aliphatic carbocycles. The van der Waals surface area contributed by atoms with Crippen molar-refractivity contribution in [3.8, 4) is 0 Å². The molecule has 6 nitrogen and oxygen atoms in total. The molecule has 10 heteroatoms. The van der Waals surface area contributed by atoms with Crippen LogP contribution in [0.2, 0.25) is 39.3 Å². The molecule has 1 rings (SSSR count). The van der Waals surface area contributed by atoms with Gasteiger partial charge in [0.1, 0.15) is 15.4 Å². The molecule has 1 fully saturated rings. The van der Waals surface area contributed by atoms with Gasteiger partial charge in [-0.15, -0.1) is 0 Å². The molecule has 0 amide bonds. The fourth-order valence-corrected chi connectivity index (χ4v) is 11.2. The summed E-state index contributed by atoms with van der Waals surface area (Å²) in [5.74, 6) is 0.0627. The van der Waals surface area contributed by atoms with Gasteiger partial charge in [-0.1, -0.05) is 6.92 Å². The molecule has 0 aromatic carbocycles. The Morgan fingerprint density at radius 1 is 1.08 bits per heavy atom. The van der Waals surface area contributed by atoms with E-state index in [1.807, 2.05) is 0 Å². The van der Waals surface area contributed by atoms with Gasteiger partial charge in [-0.3, -0.25) is 0 Å². The standard InChI is InChI=1S/C16H38O6SSi3/c1-9-15(20-13(2)19-14-11-10-12-23(14,17)18)24-16(21-25(3,4)5)22-26(6,7)8/h13-16H,9-12,24H2,1-8H3. The second-order valence-corrected chi connectivity index (χ2v) is 22.2. The SMILES string of the molecule is CCC(OC(C)OC1CCCS1(=O)=O)[SiH2]C(O[Si](C)(C)C)O[Si](C)(C)C. The Morgan fingerprint density at radius 3 is 2.00 bits per heavy atom. The lowest BCUT2D eigenvalue weighted by Gasteiger charge is -2.34. The second kappa shape index (κ2) is 9.77. The maximum atomic E-state index is 11.9. The lowest BCUT2D eigenvalue weighted by molar-refractivity contribution is -0.153. The summed E-state index contributed by atoms with van der Waals surface area (Å²) in [7, 11) is -7.42. The zero-order valence-electron chi connectivity index (χ0n) is 17.7. The average Bonchev–Trinajstić information content (AvgIpc) is 2.73. The normalized spacial score (nSPS) is 23.8. The molecular weight excluding hydrogens is 404 g/mol. The lowest BCUT2D eigenvalue weighted by atomic mass is 10.4. The van der Waals surface area contributed by atoms with Crippen LogP contribution in [0.4, 0.5) is 0 Å². The Kier molecular flexibility index (Phi) is 9.20. The van der Waals surface area contributed by atoms with Gasteiger partial charge in [0, 0.05) is 0 Å². The Morgan fingerprint density at radius 2 is 1.62 bits per heavy atom. The predicted octanol–water partition coefficient (Wildman–Crippen LogP) is 2.79. The third kappa shape index (κ3) is 9.58. The molecule has 0 saturated carbocycles. The fourth-order valence-electron chi connectivity index (χ4n) is 2.87. The fraction of sp³-hybridized carbons (Fsp3) is 1.00. The molecule has 1 saturated heterocycles. The maximum Gasteiger partial charge on any atom is 0.186 e. The van der Waals surface area contributed by atoms with E-state index in [-0.39, 0.29) is 17.4 Å². The first kappa shape index (κ1) is 24.5. The largest absolute Gasteiger partial charge is 0.397 e. The first-order chi connectivity index (χ1) is 11.7. The number of sulfone groups is 1. The molecule has 3 atom stereocenters. The molecule has 0 radical (unpaired) electrons. The number of rotatable bonds is 11. The third-order valence-corrected chi connectivity index (χ3v) is 10.5. The van der Waals surface area contributed by atoms with E-state index in [1.54, 1.807) is 6.92 Å². The summed E-state index contributed by atoms with van der Waals surface area (Å²) in [6.45, 7) is 16.9. The van der Waals surface area contributed by atoms with E-state index >= 15 is 0 Å². The van der Waals surface area contributed by atoms with Gasteiger partial charge in [-0.05, 0) is 65.5 Å². The summed E-state index contributed by atoms with van der Waals surface area (Å²) in [6, 6.07) is 0. The summed E-state index contributed by atoms with van der Waals surface area (Å²) in [4.78, 5) is 0. The zero-order chi connectivity index (χ0) is 20.2. The minimum atomic E-state index is -3.12. The summed E-state index contributed by atoms with van der Waals surface area (Å²) in [5, 5.41) is 0. The van der Waals surface area contributed by atoms with Gasteiger partial charge in [-0.2, -0.15) is 0 Å². The van der Waals surface area contributed by atoms with E-state index in [4.69, 9.17) is 18.3 Å². The maximum absolute atomic E-state index is 11.9. The highest BCUT2D eigenvalue weighted by Crippen LogP contribution is 2.23. The highest BCUT2D eigenvalue weighted by atomic mass is 32.2. The van der Waals surface area contributed by atoms with Gasteiger partial charge in [0.25, 0.3) is 0 Å². The van der Waals surface area contributed by atoms with Gasteiger partial charge >= 0.3 is 0 Å². The van der Waals surface area contributed by atoms with Gasteiger partial charge < -0.3 is 18.3 Å². The summed E-state index contributed by atoms with van der Waals surface area (Å²) < 4.78 is 48.2. The minimum absolute atomic E-state index is 0.0341. The molecule has 1 aliphatic heterocycles. The smallest absolute Gasteiger partial charge is 0.186 e. The van der Waals surface area contributed by atoms with Crippen LogP contribution in [-0.4, -0.2) is 63.7 Å². The monoisotopic (exact) mass is 442 g/mol. The van der Waals surface area contributed by atoms with Gasteiger partial charge in [0.15, 0.2) is 38.2 Å². The minimum Gasteiger partial charge on any atom is -0.397 e. The molecule has 1 aliphatic rings. The third-order valence-electron chi connectivity index (χ3n) is 3.88. The van der Waals surface area contributed by atoms with Crippen LogP contribution >= 0.6 is 0 Å². The molecule has 0 bridgehead atoms. The van der Waals surface area contributed by atoms with E-state index in [9.17, 15) is 8.42 Å². The van der Waals surface area contributed by atoms with Crippen molar-refractivity contribution >= 4 is 36.0 Å². The van der Waals surface area contributed by atoms with Crippen LogP contribution in [0, 0.1) is 0 Å². The van der Waals surface area contributed by atoms with Crippen molar-refractivity contribution in [2.75, 3.05) is 5.75 Å². The van der Waals surface area contributed by atoms with Crippen molar-refractivity contribution in [1.29, 1.82) is 0 Å². The van der Waals surface area contributed by atoms with Crippen molar-refractivity contribution in [3.63, 3.8) is 0 Å². The average molecular weight is 443 g/mol. The molecule has 156 valence electrons. The van der Waals surface area contributed by atoms with Crippen LogP contribution in [0.25, 0.3) is 0 Å². The van der Waals surface area contributed by atoms with Gasteiger partial charge in [0.05, 0.1) is 11.5 Å². The van der Waals surface area contributed by atoms with Crippen LogP contribution in [0.5, 0.6) is 0 Å². The topological polar surface area (TPSA) is 71.1 Å². The molecular formula is C16H38O6SSi3. The molecule has 3 unspecified atom stereocenters. The van der Waals surface area contributed by atoms with Crippen LogP contribution in [0.15, 0.2) is 0 Å². The lowest BCUT2D eigenvalue weighted by Crippen LogP contribution is -2.47. The quantitative estimate of drug-likeness (QED) is 0.362. The predicted molar refractivity (Wildman–Crippen MR) is 114 cm³/mol. The Labute approximate surface area is 164 Å². The van der Waals surface area contributed by atoms with Crippen LogP contribution in [-0.2, 0) is 28.2 Å². The Bertz CT molecular complexity index is 513. The summed E-state index contributed by atoms with van der Waals surface area (Å²) >= 11 is 0. The molecule has 1 heterocycles. The van der Waals surface area contributed by atoms with Crippen molar-refractivity contribution in [2.45, 2.75) is 95.8 Å². The summed E-state index contributed by atoms with van der Waals surface area (Å²) in [5.41, 5.74) is -0.684. The van der Waals surface area contributed by atoms with Gasteiger partial charge in [0.2, 0.25) is 0 Å².